The molecule has 0 bridgehead atoms. The van der Waals surface area contributed by atoms with Crippen LogP contribution in [0.25, 0.3) is 10.9 Å². The Morgan fingerprint density at radius 2 is 1.96 bits per heavy atom. The fraction of sp³-hybridized carbons (Fsp3) is 0.529. The van der Waals surface area contributed by atoms with Gasteiger partial charge in [-0.1, -0.05) is 18.5 Å². The zero-order chi connectivity index (χ0) is 18.4. The topological polar surface area (TPSA) is 61.3 Å². The van der Waals surface area contributed by atoms with Crippen molar-refractivity contribution in [2.24, 2.45) is 0 Å². The van der Waals surface area contributed by atoms with Gasteiger partial charge in [0.15, 0.2) is 0 Å². The Balaban J connectivity index is 1.74. The molecular weight excluding hydrogens is 440 g/mol. The standard InChI is InChI=1S/C17H20BrClN4O2S/c1-2-21-3-5-22(6-4-21)8-10-9-26-15-13(18)12(19)7-11-14(15)23(10)17(25)20-16(11)24/h7,10H,2-6,8-9H2,1H3,(H,20,24,25)/t10-/m0/s1. The van der Waals surface area contributed by atoms with Gasteiger partial charge in [0.05, 0.1) is 26.4 Å². The molecule has 0 saturated carbocycles. The van der Waals surface area contributed by atoms with E-state index in [4.69, 9.17) is 11.6 Å². The van der Waals surface area contributed by atoms with Gasteiger partial charge < -0.3 is 4.90 Å². The number of benzene rings is 1. The van der Waals surface area contributed by atoms with Gasteiger partial charge in [0.1, 0.15) is 0 Å². The van der Waals surface area contributed by atoms with E-state index in [9.17, 15) is 9.59 Å². The van der Waals surface area contributed by atoms with Gasteiger partial charge in [-0.15, -0.1) is 11.8 Å². The zero-order valence-corrected chi connectivity index (χ0v) is 17.6. The van der Waals surface area contributed by atoms with Crippen LogP contribution in [0.2, 0.25) is 5.02 Å². The molecule has 3 heterocycles. The number of hydrogen-bond acceptors (Lipinski definition) is 5. The number of halogens is 2. The number of piperazine rings is 1. The molecule has 6 nitrogen and oxygen atoms in total. The van der Waals surface area contributed by atoms with Crippen LogP contribution in [0.4, 0.5) is 0 Å². The van der Waals surface area contributed by atoms with Crippen molar-refractivity contribution in [3.63, 3.8) is 0 Å². The lowest BCUT2D eigenvalue weighted by Crippen LogP contribution is -2.49. The minimum Gasteiger partial charge on any atom is -0.301 e. The Morgan fingerprint density at radius 3 is 2.65 bits per heavy atom. The number of aromatic amines is 1. The number of H-pyrrole nitrogens is 1. The summed E-state index contributed by atoms with van der Waals surface area (Å²) in [5, 5.41) is 0.964. The monoisotopic (exact) mass is 458 g/mol. The molecule has 0 radical (unpaired) electrons. The summed E-state index contributed by atoms with van der Waals surface area (Å²) in [5.41, 5.74) is -0.0198. The number of aromatic nitrogens is 2. The summed E-state index contributed by atoms with van der Waals surface area (Å²) < 4.78 is 2.51. The second kappa shape index (κ2) is 7.31. The lowest BCUT2D eigenvalue weighted by molar-refractivity contribution is 0.125. The number of hydrogen-bond donors (Lipinski definition) is 1. The van der Waals surface area contributed by atoms with E-state index in [0.29, 0.717) is 15.9 Å². The third-order valence-corrected chi connectivity index (χ3v) is 8.09. The predicted octanol–water partition coefficient (Wildman–Crippen LogP) is 2.39. The largest absolute Gasteiger partial charge is 0.329 e. The zero-order valence-electron chi connectivity index (χ0n) is 14.4. The van der Waals surface area contributed by atoms with Gasteiger partial charge in [0.25, 0.3) is 5.56 Å². The molecule has 1 atom stereocenters. The molecule has 1 N–H and O–H groups in total. The van der Waals surface area contributed by atoms with Crippen LogP contribution in [0.15, 0.2) is 25.0 Å². The van der Waals surface area contributed by atoms with Gasteiger partial charge in [0.2, 0.25) is 0 Å². The second-order valence-electron chi connectivity index (χ2n) is 6.73. The van der Waals surface area contributed by atoms with Crippen LogP contribution in [-0.4, -0.2) is 64.4 Å². The normalized spacial score (nSPS) is 21.4. The lowest BCUT2D eigenvalue weighted by atomic mass is 10.2. The van der Waals surface area contributed by atoms with Crippen molar-refractivity contribution >= 4 is 50.2 Å². The molecule has 4 rings (SSSR count). The molecule has 1 saturated heterocycles. The van der Waals surface area contributed by atoms with Gasteiger partial charge in [-0.05, 0) is 28.5 Å². The van der Waals surface area contributed by atoms with Gasteiger partial charge in [0, 0.05) is 43.4 Å². The average Bonchev–Trinajstić information content (AvgIpc) is 2.64. The maximum atomic E-state index is 12.6. The highest BCUT2D eigenvalue weighted by Gasteiger charge is 2.29. The molecular formula is C17H20BrClN4O2S. The fourth-order valence-electron chi connectivity index (χ4n) is 3.79. The summed E-state index contributed by atoms with van der Waals surface area (Å²) >= 11 is 11.4. The van der Waals surface area contributed by atoms with Crippen molar-refractivity contribution in [2.75, 3.05) is 45.0 Å². The van der Waals surface area contributed by atoms with Crippen LogP contribution in [0.1, 0.15) is 13.0 Å². The van der Waals surface area contributed by atoms with E-state index in [1.165, 1.54) is 0 Å². The summed E-state index contributed by atoms with van der Waals surface area (Å²) in [6, 6.07) is 1.67. The first-order valence-electron chi connectivity index (χ1n) is 8.73. The van der Waals surface area contributed by atoms with Crippen molar-refractivity contribution in [2.45, 2.75) is 17.9 Å². The molecule has 2 aliphatic rings. The Labute approximate surface area is 168 Å². The van der Waals surface area contributed by atoms with Crippen LogP contribution >= 0.6 is 39.3 Å². The smallest absolute Gasteiger partial charge is 0.301 e. The van der Waals surface area contributed by atoms with E-state index in [1.807, 2.05) is 0 Å². The van der Waals surface area contributed by atoms with Crippen molar-refractivity contribution in [1.82, 2.24) is 19.4 Å². The molecule has 0 aliphatic carbocycles. The Kier molecular flexibility index (Phi) is 5.22. The number of rotatable bonds is 3. The summed E-state index contributed by atoms with van der Waals surface area (Å²) in [6.45, 7) is 8.21. The highest BCUT2D eigenvalue weighted by molar-refractivity contribution is 9.10. The number of nitrogens with zero attached hydrogens (tertiary/aromatic N) is 3. The molecule has 1 aromatic heterocycles. The molecule has 1 fully saturated rings. The van der Waals surface area contributed by atoms with E-state index in [-0.39, 0.29) is 17.3 Å². The highest BCUT2D eigenvalue weighted by Crippen LogP contribution is 2.43. The lowest BCUT2D eigenvalue weighted by Gasteiger charge is -2.37. The molecule has 2 aliphatic heterocycles. The quantitative estimate of drug-likeness (QED) is 0.764. The van der Waals surface area contributed by atoms with Crippen LogP contribution in [0.3, 0.4) is 0 Å². The average molecular weight is 460 g/mol. The van der Waals surface area contributed by atoms with E-state index in [2.05, 4.69) is 37.6 Å². The summed E-state index contributed by atoms with van der Waals surface area (Å²) in [5.74, 6) is 0.779. The first-order chi connectivity index (χ1) is 12.5. The van der Waals surface area contributed by atoms with Gasteiger partial charge in [-0.3, -0.25) is 19.2 Å². The van der Waals surface area contributed by atoms with Crippen molar-refractivity contribution in [3.05, 3.63) is 36.4 Å². The fourth-order valence-corrected chi connectivity index (χ4v) is 5.89. The Bertz CT molecular complexity index is 968. The van der Waals surface area contributed by atoms with Gasteiger partial charge in [-0.2, -0.15) is 0 Å². The first kappa shape index (κ1) is 18.6. The van der Waals surface area contributed by atoms with Crippen LogP contribution in [0, 0.1) is 0 Å². The van der Waals surface area contributed by atoms with E-state index in [0.717, 1.165) is 54.4 Å². The molecule has 9 heteroatoms. The summed E-state index contributed by atoms with van der Waals surface area (Å²) in [7, 11) is 0. The van der Waals surface area contributed by atoms with Gasteiger partial charge >= 0.3 is 5.69 Å². The van der Waals surface area contributed by atoms with Crippen LogP contribution in [0.5, 0.6) is 0 Å². The molecule has 0 spiro atoms. The van der Waals surface area contributed by atoms with Crippen molar-refractivity contribution < 1.29 is 0 Å². The molecule has 0 unspecified atom stereocenters. The SMILES string of the molecule is CCN1CCN(C[C@H]2CSc3c(Br)c(Cl)cc4c(=O)[nH]c(=O)n2c34)CC1. The van der Waals surface area contributed by atoms with Crippen molar-refractivity contribution in [3.8, 4) is 0 Å². The maximum absolute atomic E-state index is 12.6. The van der Waals surface area contributed by atoms with E-state index in [1.54, 1.807) is 22.4 Å². The number of thioether (sulfide) groups is 1. The number of nitrogens with one attached hydrogen (secondary N) is 1. The van der Waals surface area contributed by atoms with Gasteiger partial charge in [-0.25, -0.2) is 4.79 Å². The summed E-state index contributed by atoms with van der Waals surface area (Å²) in [4.78, 5) is 33.1. The third-order valence-electron chi connectivity index (χ3n) is 5.24. The van der Waals surface area contributed by atoms with E-state index < -0.39 is 0 Å². The number of likely N-dealkylation sites (N-methyl/N-ethyl adjacent to an activating group) is 1. The molecule has 140 valence electrons. The van der Waals surface area contributed by atoms with Crippen LogP contribution < -0.4 is 11.2 Å². The molecule has 1 aromatic carbocycles. The minimum atomic E-state index is -0.380. The van der Waals surface area contributed by atoms with Crippen LogP contribution in [-0.2, 0) is 0 Å². The van der Waals surface area contributed by atoms with Crippen molar-refractivity contribution in [1.29, 1.82) is 0 Å². The second-order valence-corrected chi connectivity index (χ2v) is 8.96. The summed E-state index contributed by atoms with van der Waals surface area (Å²) in [6.07, 6.45) is 0. The third kappa shape index (κ3) is 3.16. The molecule has 26 heavy (non-hydrogen) atoms. The first-order valence-corrected chi connectivity index (χ1v) is 10.9. The highest BCUT2D eigenvalue weighted by atomic mass is 79.9. The molecule has 2 aromatic rings. The maximum Gasteiger partial charge on any atom is 0.329 e. The predicted molar refractivity (Wildman–Crippen MR) is 110 cm³/mol. The Hall–Kier alpha value is -0.800. The van der Waals surface area contributed by atoms with E-state index >= 15 is 0 Å². The minimum absolute atomic E-state index is 0.0283. The Morgan fingerprint density at radius 1 is 1.27 bits per heavy atom. The molecule has 0 amide bonds.